The number of benzene rings is 2. The number of amides is 1. The van der Waals surface area contributed by atoms with Gasteiger partial charge in [-0.15, -0.1) is 11.3 Å². The van der Waals surface area contributed by atoms with E-state index in [-0.39, 0.29) is 16.4 Å². The van der Waals surface area contributed by atoms with Crippen LogP contribution in [0.4, 0.5) is 15.2 Å². The van der Waals surface area contributed by atoms with Crippen LogP contribution >= 0.6 is 11.3 Å². The van der Waals surface area contributed by atoms with Crippen LogP contribution in [0.1, 0.15) is 28.5 Å². The highest BCUT2D eigenvalue weighted by atomic mass is 32.1. The molecule has 0 aliphatic heterocycles. The fourth-order valence-electron chi connectivity index (χ4n) is 2.72. The number of carbonyl (C=O) groups is 2. The maximum atomic E-state index is 14.2. The number of aryl methyl sites for hydroxylation is 1. The Labute approximate surface area is 171 Å². The Morgan fingerprint density at radius 3 is 2.62 bits per heavy atom. The molecule has 0 bridgehead atoms. The van der Waals surface area contributed by atoms with Crippen LogP contribution in [0.5, 0.6) is 0 Å². The van der Waals surface area contributed by atoms with Crippen LogP contribution in [-0.2, 0) is 4.79 Å². The van der Waals surface area contributed by atoms with Crippen molar-refractivity contribution < 1.29 is 14.0 Å². The zero-order valence-electron chi connectivity index (χ0n) is 15.7. The predicted molar refractivity (Wildman–Crippen MR) is 110 cm³/mol. The predicted octanol–water partition coefficient (Wildman–Crippen LogP) is 5.07. The van der Waals surface area contributed by atoms with Gasteiger partial charge in [-0.3, -0.25) is 14.5 Å². The van der Waals surface area contributed by atoms with E-state index >= 15 is 0 Å². The number of Topliss-reactive ketones (excluding diaryl/α,β-unsaturated/α-hetero) is 1. The van der Waals surface area contributed by atoms with Gasteiger partial charge in [-0.2, -0.15) is 5.26 Å². The maximum Gasteiger partial charge on any atom is 0.230 e. The van der Waals surface area contributed by atoms with Crippen LogP contribution in [-0.4, -0.2) is 16.7 Å². The van der Waals surface area contributed by atoms with Crippen LogP contribution in [0.15, 0.2) is 59.5 Å². The Balaban J connectivity index is 1.95. The van der Waals surface area contributed by atoms with Gasteiger partial charge < -0.3 is 0 Å². The molecule has 1 amide bonds. The van der Waals surface area contributed by atoms with Gasteiger partial charge in [0.15, 0.2) is 5.13 Å². The molecule has 0 N–H and O–H groups in total. The number of carbonyl (C=O) groups excluding carboxylic acids is 2. The van der Waals surface area contributed by atoms with E-state index in [2.05, 4.69) is 4.98 Å². The molecule has 0 aliphatic rings. The number of hydrogen-bond acceptors (Lipinski definition) is 5. The van der Waals surface area contributed by atoms with Crippen molar-refractivity contribution in [3.8, 4) is 6.07 Å². The number of aromatic nitrogens is 1. The van der Waals surface area contributed by atoms with Crippen LogP contribution in [0.25, 0.3) is 6.08 Å². The molecule has 7 heteroatoms. The van der Waals surface area contributed by atoms with E-state index in [1.807, 2.05) is 19.1 Å². The molecule has 2 aromatic carbocycles. The Morgan fingerprint density at radius 2 is 1.97 bits per heavy atom. The molecule has 29 heavy (non-hydrogen) atoms. The molecule has 0 aliphatic carbocycles. The molecule has 0 spiro atoms. The molecule has 0 unspecified atom stereocenters. The van der Waals surface area contributed by atoms with Crippen molar-refractivity contribution in [1.82, 2.24) is 4.98 Å². The molecule has 1 heterocycles. The average Bonchev–Trinajstić information content (AvgIpc) is 3.15. The summed E-state index contributed by atoms with van der Waals surface area (Å²) in [5.41, 5.74) is 1.66. The molecule has 144 valence electrons. The van der Waals surface area contributed by atoms with Crippen LogP contribution < -0.4 is 4.90 Å². The number of hydrogen-bond donors (Lipinski definition) is 0. The first-order chi connectivity index (χ1) is 13.9. The number of nitrogens with zero attached hydrogens (tertiary/aromatic N) is 3. The summed E-state index contributed by atoms with van der Waals surface area (Å²) in [7, 11) is 0. The number of thiazole rings is 1. The summed E-state index contributed by atoms with van der Waals surface area (Å²) < 4.78 is 14.2. The van der Waals surface area contributed by atoms with E-state index in [0.717, 1.165) is 21.8 Å². The van der Waals surface area contributed by atoms with E-state index in [1.54, 1.807) is 29.6 Å². The summed E-state index contributed by atoms with van der Waals surface area (Å²) in [4.78, 5) is 30.2. The van der Waals surface area contributed by atoms with Crippen molar-refractivity contribution >= 4 is 39.9 Å². The second-order valence-electron chi connectivity index (χ2n) is 6.23. The second-order valence-corrected chi connectivity index (χ2v) is 7.07. The van der Waals surface area contributed by atoms with Gasteiger partial charge in [0.25, 0.3) is 0 Å². The summed E-state index contributed by atoms with van der Waals surface area (Å²) in [5.74, 6) is -1.37. The molecule has 1 aromatic heterocycles. The van der Waals surface area contributed by atoms with Crippen molar-refractivity contribution in [2.75, 3.05) is 4.90 Å². The number of anilines is 2. The lowest BCUT2D eigenvalue weighted by Crippen LogP contribution is -2.23. The molecule has 0 saturated carbocycles. The smallest absolute Gasteiger partial charge is 0.230 e. The molecule has 5 nitrogen and oxygen atoms in total. The van der Waals surface area contributed by atoms with Gasteiger partial charge in [0.2, 0.25) is 11.7 Å². The normalized spacial score (nSPS) is 11.0. The minimum Gasteiger partial charge on any atom is -0.288 e. The lowest BCUT2D eigenvalue weighted by atomic mass is 10.0. The molecule has 0 saturated heterocycles. The minimum absolute atomic E-state index is 0.0762. The van der Waals surface area contributed by atoms with Gasteiger partial charge >= 0.3 is 0 Å². The van der Waals surface area contributed by atoms with Crippen molar-refractivity contribution in [2.45, 2.75) is 13.8 Å². The van der Waals surface area contributed by atoms with Crippen molar-refractivity contribution in [2.24, 2.45) is 0 Å². The van der Waals surface area contributed by atoms with Gasteiger partial charge in [-0.25, -0.2) is 9.37 Å². The fourth-order valence-corrected chi connectivity index (χ4v) is 3.56. The number of halogens is 1. The van der Waals surface area contributed by atoms with E-state index in [9.17, 15) is 19.2 Å². The quantitative estimate of drug-likeness (QED) is 0.338. The number of nitriles is 1. The van der Waals surface area contributed by atoms with Crippen molar-refractivity contribution in [3.63, 3.8) is 0 Å². The lowest BCUT2D eigenvalue weighted by Gasteiger charge is -2.18. The van der Waals surface area contributed by atoms with Crippen molar-refractivity contribution in [1.29, 1.82) is 5.26 Å². The first kappa shape index (κ1) is 20.1. The lowest BCUT2D eigenvalue weighted by molar-refractivity contribution is -0.115. The first-order valence-corrected chi connectivity index (χ1v) is 9.52. The summed E-state index contributed by atoms with van der Waals surface area (Å²) in [6.45, 7) is 3.17. The number of ketones is 1. The van der Waals surface area contributed by atoms with Crippen LogP contribution in [0.3, 0.4) is 0 Å². The SMILES string of the molecule is CC(=O)N(c1nc(/C=C(\C#N)C(=O)c2cccc(C)c2)cs1)c1ccccc1F. The maximum absolute atomic E-state index is 14.2. The third-order valence-electron chi connectivity index (χ3n) is 4.05. The summed E-state index contributed by atoms with van der Waals surface area (Å²) in [6.07, 6.45) is 1.37. The molecular weight excluding hydrogens is 389 g/mol. The summed E-state index contributed by atoms with van der Waals surface area (Å²) in [5, 5.41) is 11.3. The number of allylic oxidation sites excluding steroid dienone is 1. The van der Waals surface area contributed by atoms with Gasteiger partial charge in [-0.05, 0) is 31.2 Å². The summed E-state index contributed by atoms with van der Waals surface area (Å²) >= 11 is 1.11. The Kier molecular flexibility index (Phi) is 5.96. The van der Waals surface area contributed by atoms with E-state index in [1.165, 1.54) is 31.2 Å². The monoisotopic (exact) mass is 405 g/mol. The first-order valence-electron chi connectivity index (χ1n) is 8.64. The largest absolute Gasteiger partial charge is 0.288 e. The number of para-hydroxylation sites is 1. The molecule has 3 aromatic rings. The third-order valence-corrected chi connectivity index (χ3v) is 4.89. The zero-order chi connectivity index (χ0) is 21.0. The van der Waals surface area contributed by atoms with Crippen LogP contribution in [0, 0.1) is 24.1 Å². The molecule has 0 fully saturated rings. The standard InChI is InChI=1S/C22H16FN3O2S/c1-14-6-5-7-16(10-14)21(28)17(12-24)11-18-13-29-22(25-18)26(15(2)27)20-9-4-3-8-19(20)23/h3-11,13H,1-2H3/b17-11+. The Morgan fingerprint density at radius 1 is 1.21 bits per heavy atom. The van der Waals surface area contributed by atoms with Gasteiger partial charge in [0, 0.05) is 17.9 Å². The number of rotatable bonds is 5. The van der Waals surface area contributed by atoms with Gasteiger partial charge in [-0.1, -0.05) is 35.9 Å². The highest BCUT2D eigenvalue weighted by Crippen LogP contribution is 2.31. The average molecular weight is 405 g/mol. The van der Waals surface area contributed by atoms with E-state index in [4.69, 9.17) is 0 Å². The second kappa shape index (κ2) is 8.59. The highest BCUT2D eigenvalue weighted by Gasteiger charge is 2.21. The zero-order valence-corrected chi connectivity index (χ0v) is 16.5. The van der Waals surface area contributed by atoms with E-state index < -0.39 is 17.5 Å². The Bertz CT molecular complexity index is 1160. The van der Waals surface area contributed by atoms with Gasteiger partial charge in [0.1, 0.15) is 17.5 Å². The summed E-state index contributed by atoms with van der Waals surface area (Å²) in [6, 6.07) is 14.8. The molecule has 0 atom stereocenters. The Hall–Kier alpha value is -3.63. The fraction of sp³-hybridized carbons (Fsp3) is 0.0909. The van der Waals surface area contributed by atoms with Crippen LogP contribution in [0.2, 0.25) is 0 Å². The van der Waals surface area contributed by atoms with Crippen molar-refractivity contribution in [3.05, 3.63) is 82.1 Å². The third kappa shape index (κ3) is 4.45. The molecular formula is C22H16FN3O2S. The van der Waals surface area contributed by atoms with Gasteiger partial charge in [0.05, 0.1) is 11.4 Å². The van der Waals surface area contributed by atoms with E-state index in [0.29, 0.717) is 11.3 Å². The molecule has 0 radical (unpaired) electrons. The topological polar surface area (TPSA) is 74.1 Å². The molecule has 3 rings (SSSR count). The highest BCUT2D eigenvalue weighted by molar-refractivity contribution is 7.14. The minimum atomic E-state index is -0.553.